The van der Waals surface area contributed by atoms with Crippen molar-refractivity contribution in [3.63, 3.8) is 0 Å². The molecular weight excluding hydrogens is 204 g/mol. The van der Waals surface area contributed by atoms with Crippen molar-refractivity contribution in [1.82, 2.24) is 0 Å². The molecule has 0 atom stereocenters. The maximum atomic E-state index is 3.23. The fraction of sp³-hybridized carbons (Fsp3) is 0.412. The lowest BCUT2D eigenvalue weighted by Gasteiger charge is -2.06. The summed E-state index contributed by atoms with van der Waals surface area (Å²) in [6.07, 6.45) is 7.48. The molecule has 0 nitrogen and oxygen atoms in total. The molecule has 1 aromatic rings. The number of rotatable bonds is 4. The van der Waals surface area contributed by atoms with Gasteiger partial charge in [-0.2, -0.15) is 0 Å². The molecule has 90 valence electrons. The van der Waals surface area contributed by atoms with Crippen LogP contribution in [0.3, 0.4) is 0 Å². The third-order valence-corrected chi connectivity index (χ3v) is 2.29. The highest BCUT2D eigenvalue weighted by Crippen LogP contribution is 2.09. The fourth-order valence-electron chi connectivity index (χ4n) is 1.47. The van der Waals surface area contributed by atoms with Crippen LogP contribution in [0, 0.1) is 17.3 Å². The lowest BCUT2D eigenvalue weighted by atomic mass is 9.98. The molecule has 0 unspecified atom stereocenters. The Balaban J connectivity index is 2.21. The SMILES string of the molecule is CC(C)(C)C#CC/C=C\CCc1ccccc1. The Morgan fingerprint density at radius 2 is 1.76 bits per heavy atom. The summed E-state index contributed by atoms with van der Waals surface area (Å²) < 4.78 is 0. The second-order valence-corrected chi connectivity index (χ2v) is 5.25. The van der Waals surface area contributed by atoms with E-state index in [9.17, 15) is 0 Å². The first-order valence-electron chi connectivity index (χ1n) is 6.27. The molecule has 0 bridgehead atoms. The van der Waals surface area contributed by atoms with Crippen molar-refractivity contribution in [3.8, 4) is 11.8 Å². The van der Waals surface area contributed by atoms with E-state index in [1.54, 1.807) is 0 Å². The van der Waals surface area contributed by atoms with E-state index in [0.717, 1.165) is 19.3 Å². The van der Waals surface area contributed by atoms with Crippen molar-refractivity contribution in [3.05, 3.63) is 48.0 Å². The number of benzene rings is 1. The minimum absolute atomic E-state index is 0.123. The molecule has 0 aliphatic carbocycles. The zero-order valence-electron chi connectivity index (χ0n) is 11.2. The van der Waals surface area contributed by atoms with Crippen molar-refractivity contribution in [2.45, 2.75) is 40.0 Å². The summed E-state index contributed by atoms with van der Waals surface area (Å²) >= 11 is 0. The first kappa shape index (κ1) is 13.6. The Bertz CT molecular complexity index is 393. The second-order valence-electron chi connectivity index (χ2n) is 5.25. The van der Waals surface area contributed by atoms with Crippen LogP contribution >= 0.6 is 0 Å². The monoisotopic (exact) mass is 226 g/mol. The van der Waals surface area contributed by atoms with Gasteiger partial charge in [0, 0.05) is 11.8 Å². The van der Waals surface area contributed by atoms with Crippen molar-refractivity contribution in [2.75, 3.05) is 0 Å². The summed E-state index contributed by atoms with van der Waals surface area (Å²) in [5, 5.41) is 0. The molecule has 0 heteroatoms. The van der Waals surface area contributed by atoms with E-state index >= 15 is 0 Å². The molecule has 0 aliphatic heterocycles. The molecule has 0 aliphatic rings. The Labute approximate surface area is 106 Å². The molecule has 17 heavy (non-hydrogen) atoms. The molecule has 1 rings (SSSR count). The molecule has 0 N–H and O–H groups in total. The van der Waals surface area contributed by atoms with E-state index in [4.69, 9.17) is 0 Å². The summed E-state index contributed by atoms with van der Waals surface area (Å²) in [4.78, 5) is 0. The molecule has 0 spiro atoms. The van der Waals surface area contributed by atoms with E-state index < -0.39 is 0 Å². The first-order valence-corrected chi connectivity index (χ1v) is 6.27. The van der Waals surface area contributed by atoms with E-state index in [1.165, 1.54) is 5.56 Å². The minimum Gasteiger partial charge on any atom is -0.0986 e. The van der Waals surface area contributed by atoms with Crippen LogP contribution in [0.4, 0.5) is 0 Å². The minimum atomic E-state index is 0.123. The van der Waals surface area contributed by atoms with Gasteiger partial charge >= 0.3 is 0 Å². The second kappa shape index (κ2) is 6.97. The van der Waals surface area contributed by atoms with Gasteiger partial charge in [0.25, 0.3) is 0 Å². The zero-order chi connectivity index (χ0) is 12.6. The maximum absolute atomic E-state index is 3.23. The van der Waals surface area contributed by atoms with E-state index in [1.807, 2.05) is 0 Å². The van der Waals surface area contributed by atoms with E-state index in [2.05, 4.69) is 75.1 Å². The Morgan fingerprint density at radius 3 is 2.41 bits per heavy atom. The molecule has 0 fully saturated rings. The van der Waals surface area contributed by atoms with E-state index in [0.29, 0.717) is 0 Å². The first-order chi connectivity index (χ1) is 8.08. The average molecular weight is 226 g/mol. The van der Waals surface area contributed by atoms with Gasteiger partial charge in [-0.1, -0.05) is 54.3 Å². The summed E-state index contributed by atoms with van der Waals surface area (Å²) in [5.41, 5.74) is 1.52. The molecule has 0 saturated carbocycles. The van der Waals surface area contributed by atoms with Crippen LogP contribution < -0.4 is 0 Å². The molecular formula is C17H22. The molecule has 0 amide bonds. The van der Waals surface area contributed by atoms with Gasteiger partial charge in [-0.3, -0.25) is 0 Å². The predicted molar refractivity (Wildman–Crippen MR) is 75.8 cm³/mol. The molecule has 0 radical (unpaired) electrons. The average Bonchev–Trinajstić information content (AvgIpc) is 2.28. The normalized spacial score (nSPS) is 11.2. The van der Waals surface area contributed by atoms with Crippen LogP contribution in [0.5, 0.6) is 0 Å². The highest BCUT2D eigenvalue weighted by atomic mass is 14.1. The summed E-state index contributed by atoms with van der Waals surface area (Å²) in [6.45, 7) is 6.41. The van der Waals surface area contributed by atoms with Gasteiger partial charge in [-0.05, 0) is 39.2 Å². The Hall–Kier alpha value is -1.48. The van der Waals surface area contributed by atoms with Gasteiger partial charge in [0.1, 0.15) is 0 Å². The molecule has 1 aromatic carbocycles. The quantitative estimate of drug-likeness (QED) is 0.519. The molecule has 0 aromatic heterocycles. The zero-order valence-corrected chi connectivity index (χ0v) is 11.2. The molecule has 0 heterocycles. The van der Waals surface area contributed by atoms with Crippen LogP contribution in [0.25, 0.3) is 0 Å². The highest BCUT2D eigenvalue weighted by Gasteiger charge is 2.02. The van der Waals surface area contributed by atoms with E-state index in [-0.39, 0.29) is 5.41 Å². The number of aryl methyl sites for hydroxylation is 1. The van der Waals surface area contributed by atoms with Crippen LogP contribution in [0.2, 0.25) is 0 Å². The van der Waals surface area contributed by atoms with Crippen molar-refractivity contribution >= 4 is 0 Å². The maximum Gasteiger partial charge on any atom is 0.0269 e. The van der Waals surface area contributed by atoms with Gasteiger partial charge in [0.05, 0.1) is 0 Å². The number of hydrogen-bond acceptors (Lipinski definition) is 0. The summed E-state index contributed by atoms with van der Waals surface area (Å²) in [6, 6.07) is 10.6. The number of allylic oxidation sites excluding steroid dienone is 2. The summed E-state index contributed by atoms with van der Waals surface area (Å²) in [7, 11) is 0. The van der Waals surface area contributed by atoms with Gasteiger partial charge in [-0.25, -0.2) is 0 Å². The van der Waals surface area contributed by atoms with Crippen molar-refractivity contribution < 1.29 is 0 Å². The largest absolute Gasteiger partial charge is 0.0986 e. The smallest absolute Gasteiger partial charge is 0.0269 e. The lowest BCUT2D eigenvalue weighted by molar-refractivity contribution is 0.570. The standard InChI is InChI=1S/C17H22/c1-17(2,3)15-11-6-4-5-8-12-16-13-9-7-10-14-16/h4-5,7,9-10,13-14H,6,8,12H2,1-3H3/b5-4-. The van der Waals surface area contributed by atoms with Crippen molar-refractivity contribution in [2.24, 2.45) is 5.41 Å². The Morgan fingerprint density at radius 1 is 1.06 bits per heavy atom. The van der Waals surface area contributed by atoms with Crippen LogP contribution in [0.15, 0.2) is 42.5 Å². The van der Waals surface area contributed by atoms with Gasteiger partial charge in [0.2, 0.25) is 0 Å². The van der Waals surface area contributed by atoms with Gasteiger partial charge in [-0.15, -0.1) is 0 Å². The van der Waals surface area contributed by atoms with Gasteiger partial charge < -0.3 is 0 Å². The van der Waals surface area contributed by atoms with Crippen LogP contribution in [0.1, 0.15) is 39.2 Å². The third kappa shape index (κ3) is 7.41. The summed E-state index contributed by atoms with van der Waals surface area (Å²) in [5.74, 6) is 6.42. The Kier molecular flexibility index (Phi) is 5.57. The fourth-order valence-corrected chi connectivity index (χ4v) is 1.47. The van der Waals surface area contributed by atoms with Crippen LogP contribution in [-0.4, -0.2) is 0 Å². The topological polar surface area (TPSA) is 0 Å². The third-order valence-electron chi connectivity index (χ3n) is 2.29. The van der Waals surface area contributed by atoms with Gasteiger partial charge in [0.15, 0.2) is 0 Å². The molecule has 0 saturated heterocycles. The van der Waals surface area contributed by atoms with Crippen molar-refractivity contribution in [1.29, 1.82) is 0 Å². The number of hydrogen-bond donors (Lipinski definition) is 0. The predicted octanol–water partition coefficient (Wildman–Crippen LogP) is 4.62. The lowest BCUT2D eigenvalue weighted by Crippen LogP contribution is -1.98. The highest BCUT2D eigenvalue weighted by molar-refractivity contribution is 5.15. The van der Waals surface area contributed by atoms with Crippen LogP contribution in [-0.2, 0) is 6.42 Å².